The topological polar surface area (TPSA) is 88.6 Å². The molecule has 1 aliphatic rings. The molecular weight excluding hydrogens is 378 g/mol. The number of anilines is 1. The lowest BCUT2D eigenvalue weighted by molar-refractivity contribution is 0.0730. The molecule has 8 heteroatoms. The number of hydrogen-bond donors (Lipinski definition) is 1. The molecule has 28 heavy (non-hydrogen) atoms. The van der Waals surface area contributed by atoms with Gasteiger partial charge in [-0.05, 0) is 30.3 Å². The van der Waals surface area contributed by atoms with E-state index in [0.29, 0.717) is 32.0 Å². The third kappa shape index (κ3) is 3.62. The summed E-state index contributed by atoms with van der Waals surface area (Å²) in [7, 11) is -3.66. The number of carbonyl (C=O) groups is 1. The number of morpholine rings is 1. The van der Waals surface area contributed by atoms with Crippen LogP contribution in [-0.4, -0.2) is 49.9 Å². The molecule has 0 aliphatic carbocycles. The number of nitrogens with one attached hydrogen (secondary N) is 1. The van der Waals surface area contributed by atoms with Gasteiger partial charge in [-0.15, -0.1) is 0 Å². The second-order valence-corrected chi connectivity index (χ2v) is 8.34. The Labute approximate surface area is 163 Å². The molecular formula is C20H19N3O4S. The lowest BCUT2D eigenvalue weighted by Gasteiger charge is -2.26. The molecule has 2 heterocycles. The first-order valence-corrected chi connectivity index (χ1v) is 10.3. The summed E-state index contributed by atoms with van der Waals surface area (Å²) in [5.74, 6) is -0.372. The van der Waals surface area contributed by atoms with Gasteiger partial charge >= 0.3 is 0 Å². The first-order chi connectivity index (χ1) is 13.6. The van der Waals surface area contributed by atoms with Crippen LogP contribution in [-0.2, 0) is 14.8 Å². The molecule has 1 saturated heterocycles. The highest BCUT2D eigenvalue weighted by atomic mass is 32.2. The Morgan fingerprint density at radius 2 is 1.86 bits per heavy atom. The number of fused-ring (bicyclic) bond motifs is 1. The number of aromatic nitrogens is 1. The molecule has 0 atom stereocenters. The van der Waals surface area contributed by atoms with Crippen molar-refractivity contribution >= 4 is 32.4 Å². The minimum absolute atomic E-state index is 0.101. The van der Waals surface area contributed by atoms with E-state index in [0.717, 1.165) is 10.8 Å². The third-order valence-corrected chi connectivity index (χ3v) is 6.53. The van der Waals surface area contributed by atoms with Crippen LogP contribution in [0.2, 0.25) is 0 Å². The molecule has 3 aromatic rings. The summed E-state index contributed by atoms with van der Waals surface area (Å²) >= 11 is 0. The van der Waals surface area contributed by atoms with Gasteiger partial charge in [0.25, 0.3) is 5.91 Å². The minimum Gasteiger partial charge on any atom is -0.379 e. The summed E-state index contributed by atoms with van der Waals surface area (Å²) in [6.45, 7) is 1.36. The summed E-state index contributed by atoms with van der Waals surface area (Å²) in [6, 6.07) is 13.5. The normalized spacial score (nSPS) is 15.4. The van der Waals surface area contributed by atoms with E-state index in [1.165, 1.54) is 16.4 Å². The Kier molecular flexibility index (Phi) is 5.08. The quantitative estimate of drug-likeness (QED) is 0.731. The third-order valence-electron chi connectivity index (χ3n) is 4.63. The van der Waals surface area contributed by atoms with Gasteiger partial charge in [0.1, 0.15) is 0 Å². The van der Waals surface area contributed by atoms with Crippen molar-refractivity contribution in [2.45, 2.75) is 4.90 Å². The number of hydrogen-bond acceptors (Lipinski definition) is 5. The Bertz CT molecular complexity index is 1120. The zero-order valence-electron chi connectivity index (χ0n) is 15.0. The van der Waals surface area contributed by atoms with Crippen molar-refractivity contribution in [1.29, 1.82) is 0 Å². The molecule has 1 aliphatic heterocycles. The predicted molar refractivity (Wildman–Crippen MR) is 106 cm³/mol. The van der Waals surface area contributed by atoms with E-state index < -0.39 is 10.0 Å². The molecule has 0 unspecified atom stereocenters. The van der Waals surface area contributed by atoms with E-state index in [-0.39, 0.29) is 16.4 Å². The lowest BCUT2D eigenvalue weighted by Crippen LogP contribution is -2.40. The van der Waals surface area contributed by atoms with E-state index in [2.05, 4.69) is 10.3 Å². The molecule has 0 spiro atoms. The van der Waals surface area contributed by atoms with E-state index in [1.54, 1.807) is 30.6 Å². The molecule has 1 N–H and O–H groups in total. The van der Waals surface area contributed by atoms with Gasteiger partial charge in [0, 0.05) is 47.5 Å². The smallest absolute Gasteiger partial charge is 0.255 e. The monoisotopic (exact) mass is 397 g/mol. The van der Waals surface area contributed by atoms with Gasteiger partial charge in [0.2, 0.25) is 10.0 Å². The molecule has 4 rings (SSSR count). The summed E-state index contributed by atoms with van der Waals surface area (Å²) in [5, 5.41) is 4.63. The number of benzene rings is 2. The van der Waals surface area contributed by atoms with Crippen molar-refractivity contribution in [3.63, 3.8) is 0 Å². The first-order valence-electron chi connectivity index (χ1n) is 8.88. The molecule has 144 valence electrons. The van der Waals surface area contributed by atoms with Crippen molar-refractivity contribution in [2.75, 3.05) is 31.6 Å². The van der Waals surface area contributed by atoms with Crippen LogP contribution in [0.15, 0.2) is 65.8 Å². The molecule has 0 saturated carbocycles. The SMILES string of the molecule is O=C(Nc1cccc2cnccc12)c1cccc(S(=O)(=O)N2CCOCC2)c1. The number of carbonyl (C=O) groups excluding carboxylic acids is 1. The zero-order chi connectivity index (χ0) is 19.6. The van der Waals surface area contributed by atoms with Gasteiger partial charge in [-0.3, -0.25) is 9.78 Å². The molecule has 1 fully saturated rings. The second kappa shape index (κ2) is 7.67. The van der Waals surface area contributed by atoms with Crippen molar-refractivity contribution in [3.05, 3.63) is 66.5 Å². The first kappa shape index (κ1) is 18.5. The number of nitrogens with zero attached hydrogens (tertiary/aromatic N) is 2. The Morgan fingerprint density at radius 3 is 2.68 bits per heavy atom. The Hall–Kier alpha value is -2.81. The minimum atomic E-state index is -3.66. The van der Waals surface area contributed by atoms with Gasteiger partial charge in [-0.2, -0.15) is 4.31 Å². The van der Waals surface area contributed by atoms with Crippen LogP contribution in [0.4, 0.5) is 5.69 Å². The molecule has 0 bridgehead atoms. The molecule has 1 amide bonds. The van der Waals surface area contributed by atoms with Crippen molar-refractivity contribution in [3.8, 4) is 0 Å². The van der Waals surface area contributed by atoms with Gasteiger partial charge in [-0.25, -0.2) is 8.42 Å². The van der Waals surface area contributed by atoms with Crippen LogP contribution in [0.1, 0.15) is 10.4 Å². The fourth-order valence-corrected chi connectivity index (χ4v) is 4.61. The maximum atomic E-state index is 12.8. The highest BCUT2D eigenvalue weighted by Crippen LogP contribution is 2.24. The highest BCUT2D eigenvalue weighted by molar-refractivity contribution is 7.89. The van der Waals surface area contributed by atoms with Gasteiger partial charge in [0.05, 0.1) is 18.1 Å². The standard InChI is InChI=1S/C20H19N3O4S/c24-20(22-19-6-2-4-16-14-21-8-7-18(16)19)15-3-1-5-17(13-15)28(25,26)23-9-11-27-12-10-23/h1-8,13-14H,9-12H2,(H,22,24). The van der Waals surface area contributed by atoms with Crippen LogP contribution in [0.3, 0.4) is 0 Å². The highest BCUT2D eigenvalue weighted by Gasteiger charge is 2.26. The average molecular weight is 397 g/mol. The summed E-state index contributed by atoms with van der Waals surface area (Å²) < 4.78 is 32.3. The zero-order valence-corrected chi connectivity index (χ0v) is 15.9. The number of amides is 1. The maximum absolute atomic E-state index is 12.8. The van der Waals surface area contributed by atoms with Crippen LogP contribution in [0, 0.1) is 0 Å². The van der Waals surface area contributed by atoms with Crippen molar-refractivity contribution in [2.24, 2.45) is 0 Å². The second-order valence-electron chi connectivity index (χ2n) is 6.40. The fourth-order valence-electron chi connectivity index (χ4n) is 3.16. The van der Waals surface area contributed by atoms with Gasteiger partial charge < -0.3 is 10.1 Å². The molecule has 7 nitrogen and oxygen atoms in total. The van der Waals surface area contributed by atoms with Gasteiger partial charge in [0.15, 0.2) is 0 Å². The van der Waals surface area contributed by atoms with E-state index in [9.17, 15) is 13.2 Å². The number of sulfonamides is 1. The van der Waals surface area contributed by atoms with E-state index in [1.807, 2.05) is 18.2 Å². The van der Waals surface area contributed by atoms with E-state index >= 15 is 0 Å². The Morgan fingerprint density at radius 1 is 1.07 bits per heavy atom. The lowest BCUT2D eigenvalue weighted by atomic mass is 10.1. The predicted octanol–water partition coefficient (Wildman–Crippen LogP) is 2.51. The van der Waals surface area contributed by atoms with Crippen LogP contribution < -0.4 is 5.32 Å². The average Bonchev–Trinajstić information content (AvgIpc) is 2.75. The van der Waals surface area contributed by atoms with Crippen LogP contribution in [0.5, 0.6) is 0 Å². The maximum Gasteiger partial charge on any atom is 0.255 e. The molecule has 2 aromatic carbocycles. The van der Waals surface area contributed by atoms with Crippen LogP contribution >= 0.6 is 0 Å². The number of rotatable bonds is 4. The number of ether oxygens (including phenoxy) is 1. The summed E-state index contributed by atoms with van der Waals surface area (Å²) in [5.41, 5.74) is 0.923. The van der Waals surface area contributed by atoms with E-state index in [4.69, 9.17) is 4.74 Å². The molecule has 1 aromatic heterocycles. The van der Waals surface area contributed by atoms with Crippen molar-refractivity contribution in [1.82, 2.24) is 9.29 Å². The van der Waals surface area contributed by atoms with Crippen molar-refractivity contribution < 1.29 is 17.9 Å². The summed E-state index contributed by atoms with van der Waals surface area (Å²) in [4.78, 5) is 16.9. The number of pyridine rings is 1. The summed E-state index contributed by atoms with van der Waals surface area (Å²) in [6.07, 6.45) is 3.38. The Balaban J connectivity index is 1.61. The largest absolute Gasteiger partial charge is 0.379 e. The fraction of sp³-hybridized carbons (Fsp3) is 0.200. The van der Waals surface area contributed by atoms with Crippen LogP contribution in [0.25, 0.3) is 10.8 Å². The molecule has 0 radical (unpaired) electrons. The van der Waals surface area contributed by atoms with Gasteiger partial charge in [-0.1, -0.05) is 18.2 Å².